The first-order chi connectivity index (χ1) is 17.9. The molecule has 1 aliphatic carbocycles. The highest BCUT2D eigenvalue weighted by atomic mass is 16.6. The number of phenolic OH excluding ortho intramolecular Hbond substituents is 3. The van der Waals surface area contributed by atoms with Gasteiger partial charge in [-0.3, -0.25) is 0 Å². The zero-order valence-corrected chi connectivity index (χ0v) is 20.1. The molecule has 2 aromatic rings. The maximum atomic E-state index is 12.4. The van der Waals surface area contributed by atoms with Gasteiger partial charge in [0, 0.05) is 25.0 Å². The maximum Gasteiger partial charge on any atom is 0.335 e. The van der Waals surface area contributed by atoms with E-state index >= 15 is 0 Å². The van der Waals surface area contributed by atoms with E-state index in [0.29, 0.717) is 11.1 Å². The molecule has 0 spiro atoms. The number of phenols is 3. The fourth-order valence-corrected chi connectivity index (χ4v) is 3.77. The van der Waals surface area contributed by atoms with Crippen LogP contribution in [0.3, 0.4) is 0 Å². The summed E-state index contributed by atoms with van der Waals surface area (Å²) in [6.07, 6.45) is -1.58. The summed E-state index contributed by atoms with van der Waals surface area (Å²) in [5.74, 6) is -4.37. The van der Waals surface area contributed by atoms with Crippen molar-refractivity contribution in [2.75, 3.05) is 7.11 Å². The molecular weight excluding hydrogens is 504 g/mol. The Labute approximate surface area is 216 Å². The van der Waals surface area contributed by atoms with Crippen LogP contribution in [-0.2, 0) is 23.9 Å². The number of hydrogen-bond donors (Lipinski definition) is 6. The number of carboxylic acids is 1. The van der Waals surface area contributed by atoms with E-state index in [1.807, 2.05) is 0 Å². The molecule has 1 aliphatic rings. The number of esters is 2. The minimum atomic E-state index is -2.46. The van der Waals surface area contributed by atoms with Crippen molar-refractivity contribution in [3.8, 4) is 23.0 Å². The van der Waals surface area contributed by atoms with Crippen LogP contribution in [0, 0.1) is 0 Å². The highest BCUT2D eigenvalue weighted by Crippen LogP contribution is 2.33. The second-order valence-corrected chi connectivity index (χ2v) is 8.53. The van der Waals surface area contributed by atoms with Crippen LogP contribution in [-0.4, -0.2) is 79.6 Å². The van der Waals surface area contributed by atoms with Gasteiger partial charge in [0.15, 0.2) is 28.6 Å². The monoisotopic (exact) mass is 530 g/mol. The van der Waals surface area contributed by atoms with E-state index in [1.54, 1.807) is 0 Å². The molecule has 0 aliphatic heterocycles. The zero-order chi connectivity index (χ0) is 28.0. The second-order valence-electron chi connectivity index (χ2n) is 8.53. The quantitative estimate of drug-likeness (QED) is 0.163. The smallest absolute Gasteiger partial charge is 0.335 e. The number of ether oxygens (including phenoxy) is 3. The topological polar surface area (TPSA) is 200 Å². The number of methoxy groups -OCH3 is 1. The Kier molecular flexibility index (Phi) is 8.61. The molecule has 0 unspecified atom stereocenters. The van der Waals surface area contributed by atoms with Crippen LogP contribution in [0.25, 0.3) is 12.2 Å². The van der Waals surface area contributed by atoms with Crippen LogP contribution in [0.4, 0.5) is 0 Å². The van der Waals surface area contributed by atoms with Gasteiger partial charge in [0.2, 0.25) is 0 Å². The third kappa shape index (κ3) is 6.81. The van der Waals surface area contributed by atoms with Crippen LogP contribution < -0.4 is 4.74 Å². The summed E-state index contributed by atoms with van der Waals surface area (Å²) in [4.78, 5) is 36.4. The summed E-state index contributed by atoms with van der Waals surface area (Å²) in [7, 11) is 1.35. The summed E-state index contributed by atoms with van der Waals surface area (Å²) in [5.41, 5.74) is -1.67. The van der Waals surface area contributed by atoms with Gasteiger partial charge in [-0.1, -0.05) is 12.1 Å². The fraction of sp³-hybridized carbons (Fsp3) is 0.269. The SMILES string of the molecule is COc1cc(C=CC(=O)O[C@@H]2C[C@@](O)(C(=O)O)C[C@@H](OC(=O)C=Cc3ccc(O)c(O)c3)[C@H]2O)ccc1O. The lowest BCUT2D eigenvalue weighted by Crippen LogP contribution is -2.58. The molecule has 12 nitrogen and oxygen atoms in total. The summed E-state index contributed by atoms with van der Waals surface area (Å²) in [6, 6.07) is 8.05. The average Bonchev–Trinajstić information content (AvgIpc) is 2.87. The van der Waals surface area contributed by atoms with E-state index in [0.717, 1.165) is 12.2 Å². The first-order valence-electron chi connectivity index (χ1n) is 11.2. The van der Waals surface area contributed by atoms with Gasteiger partial charge < -0.3 is 44.8 Å². The Morgan fingerprint density at radius 3 is 1.82 bits per heavy atom. The first kappa shape index (κ1) is 28.0. The van der Waals surface area contributed by atoms with Crippen molar-refractivity contribution in [1.29, 1.82) is 0 Å². The minimum Gasteiger partial charge on any atom is -0.504 e. The van der Waals surface area contributed by atoms with Crippen LogP contribution in [0.15, 0.2) is 48.6 Å². The molecule has 1 saturated carbocycles. The van der Waals surface area contributed by atoms with Gasteiger partial charge in [0.05, 0.1) is 7.11 Å². The molecule has 0 amide bonds. The summed E-state index contributed by atoms with van der Waals surface area (Å²) >= 11 is 0. The maximum absolute atomic E-state index is 12.4. The van der Waals surface area contributed by atoms with Gasteiger partial charge in [-0.25, -0.2) is 14.4 Å². The Bertz CT molecular complexity index is 1270. The molecule has 0 radical (unpaired) electrons. The van der Waals surface area contributed by atoms with E-state index in [9.17, 15) is 45.0 Å². The number of aliphatic carboxylic acids is 1. The van der Waals surface area contributed by atoms with Gasteiger partial charge in [0.1, 0.15) is 18.3 Å². The number of hydrogen-bond acceptors (Lipinski definition) is 11. The molecule has 3 rings (SSSR count). The Balaban J connectivity index is 1.71. The normalized spacial score (nSPS) is 23.3. The van der Waals surface area contributed by atoms with Crippen molar-refractivity contribution in [1.82, 2.24) is 0 Å². The van der Waals surface area contributed by atoms with Gasteiger partial charge in [0.25, 0.3) is 0 Å². The fourth-order valence-electron chi connectivity index (χ4n) is 3.77. The molecule has 0 heterocycles. The highest BCUT2D eigenvalue weighted by Gasteiger charge is 2.52. The van der Waals surface area contributed by atoms with Crippen molar-refractivity contribution in [2.24, 2.45) is 0 Å². The van der Waals surface area contributed by atoms with E-state index in [-0.39, 0.29) is 17.2 Å². The molecule has 0 aromatic heterocycles. The minimum absolute atomic E-state index is 0.109. The predicted molar refractivity (Wildman–Crippen MR) is 130 cm³/mol. The van der Waals surface area contributed by atoms with Crippen LogP contribution in [0.5, 0.6) is 23.0 Å². The average molecular weight is 530 g/mol. The number of rotatable bonds is 8. The van der Waals surface area contributed by atoms with Crippen molar-refractivity contribution in [3.63, 3.8) is 0 Å². The van der Waals surface area contributed by atoms with Crippen LogP contribution >= 0.6 is 0 Å². The summed E-state index contributed by atoms with van der Waals surface area (Å²) < 4.78 is 15.3. The molecule has 202 valence electrons. The lowest BCUT2D eigenvalue weighted by atomic mass is 9.79. The standard InChI is InChI=1S/C26H26O12/c1-36-19-11-15(3-7-17(19)28)5-9-23(31)38-21-13-26(35,25(33)34)12-20(24(21)32)37-22(30)8-4-14-2-6-16(27)18(29)10-14/h2-11,20-21,24,27-29,32,35H,12-13H2,1H3,(H,33,34)/t20-,21-,24-,26-/m1/s1. The van der Waals surface area contributed by atoms with E-state index < -0.39 is 60.4 Å². The number of carbonyl (C=O) groups is 3. The number of aliphatic hydroxyl groups excluding tert-OH is 1. The molecule has 1 fully saturated rings. The van der Waals surface area contributed by atoms with Gasteiger partial charge in [-0.05, 0) is 47.5 Å². The molecule has 2 aromatic carbocycles. The number of carbonyl (C=O) groups excluding carboxylic acids is 2. The van der Waals surface area contributed by atoms with Gasteiger partial charge in [-0.15, -0.1) is 0 Å². The molecule has 12 heteroatoms. The molecular formula is C26H26O12. The van der Waals surface area contributed by atoms with Gasteiger partial charge >= 0.3 is 17.9 Å². The zero-order valence-electron chi connectivity index (χ0n) is 20.1. The van der Waals surface area contributed by atoms with Crippen LogP contribution in [0.2, 0.25) is 0 Å². The number of carboxylic acid groups (broad SMARTS) is 1. The lowest BCUT2D eigenvalue weighted by Gasteiger charge is -2.40. The lowest BCUT2D eigenvalue weighted by molar-refractivity contribution is -0.203. The summed E-state index contributed by atoms with van der Waals surface area (Å²) in [5, 5.41) is 59.3. The van der Waals surface area contributed by atoms with Crippen molar-refractivity contribution >= 4 is 30.1 Å². The van der Waals surface area contributed by atoms with Crippen molar-refractivity contribution < 1.29 is 59.2 Å². The van der Waals surface area contributed by atoms with E-state index in [2.05, 4.69) is 0 Å². The van der Waals surface area contributed by atoms with Crippen LogP contribution in [0.1, 0.15) is 24.0 Å². The molecule has 0 saturated heterocycles. The number of aromatic hydroxyl groups is 3. The van der Waals surface area contributed by atoms with Crippen molar-refractivity contribution in [2.45, 2.75) is 36.8 Å². The predicted octanol–water partition coefficient (Wildman–Crippen LogP) is 1.33. The third-order valence-electron chi connectivity index (χ3n) is 5.80. The second kappa shape index (κ2) is 11.7. The molecule has 6 N–H and O–H groups in total. The largest absolute Gasteiger partial charge is 0.504 e. The Morgan fingerprint density at radius 1 is 0.842 bits per heavy atom. The van der Waals surface area contributed by atoms with E-state index in [4.69, 9.17) is 14.2 Å². The summed E-state index contributed by atoms with van der Waals surface area (Å²) in [6.45, 7) is 0. The molecule has 4 atom stereocenters. The Morgan fingerprint density at radius 2 is 1.34 bits per heavy atom. The highest BCUT2D eigenvalue weighted by molar-refractivity contribution is 5.88. The first-order valence-corrected chi connectivity index (χ1v) is 11.2. The number of aliphatic hydroxyl groups is 2. The van der Waals surface area contributed by atoms with Crippen molar-refractivity contribution in [3.05, 3.63) is 59.7 Å². The third-order valence-corrected chi connectivity index (χ3v) is 5.80. The van der Waals surface area contributed by atoms with E-state index in [1.165, 1.54) is 55.7 Å². The molecule has 38 heavy (non-hydrogen) atoms. The Hall–Kier alpha value is -4.55. The molecule has 0 bridgehead atoms. The van der Waals surface area contributed by atoms with Gasteiger partial charge in [-0.2, -0.15) is 0 Å². The number of benzene rings is 2.